The highest BCUT2D eigenvalue weighted by Crippen LogP contribution is 2.34. The number of amides is 2. The zero-order valence-corrected chi connectivity index (χ0v) is 27.2. The Hall–Kier alpha value is -3.47. The number of carbonyl (C=O) groups excluding carboxylic acids is 2. The number of nitrogens with zero attached hydrogens (tertiary/aromatic N) is 2. The van der Waals surface area contributed by atoms with Gasteiger partial charge in [-0.3, -0.25) is 13.9 Å². The Kier molecular flexibility index (Phi) is 12.1. The molecule has 2 amide bonds. The Morgan fingerprint density at radius 3 is 2.21 bits per heavy atom. The molecule has 0 aliphatic rings. The third kappa shape index (κ3) is 8.55. The first-order valence-electron chi connectivity index (χ1n) is 13.8. The van der Waals surface area contributed by atoms with Gasteiger partial charge in [-0.05, 0) is 62.2 Å². The molecule has 1 atom stereocenters. The van der Waals surface area contributed by atoms with Crippen molar-refractivity contribution in [2.45, 2.75) is 51.1 Å². The van der Waals surface area contributed by atoms with E-state index in [2.05, 4.69) is 5.32 Å². The highest BCUT2D eigenvalue weighted by molar-refractivity contribution is 7.92. The van der Waals surface area contributed by atoms with Crippen molar-refractivity contribution in [3.63, 3.8) is 0 Å². The van der Waals surface area contributed by atoms with Gasteiger partial charge in [0.05, 0.1) is 34.8 Å². The fraction of sp³-hybridized carbons (Fsp3) is 0.355. The molecule has 0 aliphatic heterocycles. The van der Waals surface area contributed by atoms with Crippen molar-refractivity contribution in [3.05, 3.63) is 81.8 Å². The van der Waals surface area contributed by atoms with Crippen molar-refractivity contribution in [3.8, 4) is 11.5 Å². The van der Waals surface area contributed by atoms with Crippen molar-refractivity contribution in [2.75, 3.05) is 31.6 Å². The predicted octanol–water partition coefficient (Wildman–Crippen LogP) is 5.85. The number of hydrogen-bond donors (Lipinski definition) is 1. The topological polar surface area (TPSA) is 105 Å². The number of rotatable bonds is 14. The van der Waals surface area contributed by atoms with Crippen LogP contribution in [-0.2, 0) is 26.2 Å². The summed E-state index contributed by atoms with van der Waals surface area (Å²) in [5, 5.41) is 3.49. The smallest absolute Gasteiger partial charge is 0.264 e. The molecular formula is C31H37Cl2N3O6S. The minimum absolute atomic E-state index is 0.00192. The third-order valence-electron chi connectivity index (χ3n) is 6.88. The summed E-state index contributed by atoms with van der Waals surface area (Å²) in [4.78, 5) is 28.5. The second-order valence-electron chi connectivity index (χ2n) is 9.95. The molecule has 0 unspecified atom stereocenters. The lowest BCUT2D eigenvalue weighted by Gasteiger charge is -2.32. The fourth-order valence-corrected chi connectivity index (χ4v) is 6.03. The number of aryl methyl sites for hydroxylation is 1. The highest BCUT2D eigenvalue weighted by atomic mass is 35.5. The maximum Gasteiger partial charge on any atom is 0.264 e. The Morgan fingerprint density at radius 1 is 0.930 bits per heavy atom. The van der Waals surface area contributed by atoms with E-state index in [0.717, 1.165) is 22.7 Å². The lowest BCUT2D eigenvalue weighted by molar-refractivity contribution is -0.139. The Bertz CT molecular complexity index is 1530. The fourth-order valence-electron chi connectivity index (χ4n) is 4.30. The number of carbonyl (C=O) groups is 2. The molecule has 0 heterocycles. The molecule has 3 rings (SSSR count). The molecule has 9 nitrogen and oxygen atoms in total. The van der Waals surface area contributed by atoms with Crippen molar-refractivity contribution in [1.82, 2.24) is 10.2 Å². The number of ether oxygens (including phenoxy) is 2. The van der Waals surface area contributed by atoms with Crippen LogP contribution in [0.25, 0.3) is 0 Å². The molecule has 1 N–H and O–H groups in total. The van der Waals surface area contributed by atoms with Crippen LogP contribution in [0, 0.1) is 6.92 Å². The number of halogens is 2. The van der Waals surface area contributed by atoms with Crippen LogP contribution in [0.1, 0.15) is 37.8 Å². The lowest BCUT2D eigenvalue weighted by atomic mass is 10.1. The van der Waals surface area contributed by atoms with E-state index in [1.165, 1.54) is 43.4 Å². The van der Waals surface area contributed by atoms with Crippen LogP contribution in [0.15, 0.2) is 65.6 Å². The number of sulfonamides is 1. The van der Waals surface area contributed by atoms with Crippen molar-refractivity contribution in [1.29, 1.82) is 0 Å². The molecule has 0 aliphatic carbocycles. The van der Waals surface area contributed by atoms with Crippen LogP contribution in [-0.4, -0.2) is 58.5 Å². The minimum atomic E-state index is -4.24. The molecule has 232 valence electrons. The van der Waals surface area contributed by atoms with E-state index in [1.54, 1.807) is 43.3 Å². The highest BCUT2D eigenvalue weighted by Gasteiger charge is 2.33. The van der Waals surface area contributed by atoms with Gasteiger partial charge < -0.3 is 19.7 Å². The van der Waals surface area contributed by atoms with Crippen LogP contribution in [0.5, 0.6) is 11.5 Å². The van der Waals surface area contributed by atoms with E-state index in [9.17, 15) is 18.0 Å². The molecule has 0 saturated carbocycles. The molecule has 0 aromatic heterocycles. The van der Waals surface area contributed by atoms with Gasteiger partial charge in [0.2, 0.25) is 11.8 Å². The average Bonchev–Trinajstić information content (AvgIpc) is 2.99. The monoisotopic (exact) mass is 649 g/mol. The standard InChI is InChI=1S/C31H37Cl2N3O6S/c1-6-7-16-34-31(38)22(3)35(19-23-10-14-26(32)27(33)17-23)30(37)20-36(24-11-15-28(41-4)29(18-24)42-5)43(39,40)25-12-8-21(2)9-13-25/h8-15,17-18,22H,6-7,16,19-20H2,1-5H3,(H,34,38)/t22-/m0/s1. The van der Waals surface area contributed by atoms with Crippen LogP contribution in [0.4, 0.5) is 5.69 Å². The summed E-state index contributed by atoms with van der Waals surface area (Å²) < 4.78 is 39.8. The first-order valence-corrected chi connectivity index (χ1v) is 15.9. The largest absolute Gasteiger partial charge is 0.493 e. The predicted molar refractivity (Wildman–Crippen MR) is 170 cm³/mol. The maximum atomic E-state index is 14.1. The SMILES string of the molecule is CCCCNC(=O)[C@H](C)N(Cc1ccc(Cl)c(Cl)c1)C(=O)CN(c1ccc(OC)c(OC)c1)S(=O)(=O)c1ccc(C)cc1. The first kappa shape index (κ1) is 34.0. The molecule has 0 radical (unpaired) electrons. The number of hydrogen-bond acceptors (Lipinski definition) is 6. The normalized spacial score (nSPS) is 11.9. The molecule has 0 spiro atoms. The summed E-state index contributed by atoms with van der Waals surface area (Å²) in [6.45, 7) is 5.30. The third-order valence-corrected chi connectivity index (χ3v) is 9.40. The van der Waals surface area contributed by atoms with E-state index < -0.39 is 28.5 Å². The summed E-state index contributed by atoms with van der Waals surface area (Å²) in [5.74, 6) is -0.285. The van der Waals surface area contributed by atoms with E-state index in [1.807, 2.05) is 13.8 Å². The van der Waals surface area contributed by atoms with Gasteiger partial charge in [0.1, 0.15) is 12.6 Å². The second-order valence-corrected chi connectivity index (χ2v) is 12.6. The average molecular weight is 651 g/mol. The molecule has 0 saturated heterocycles. The van der Waals surface area contributed by atoms with Crippen LogP contribution < -0.4 is 19.1 Å². The Balaban J connectivity index is 2.07. The maximum absolute atomic E-state index is 14.1. The van der Waals surface area contributed by atoms with Crippen molar-refractivity contribution >= 4 is 50.7 Å². The first-order chi connectivity index (χ1) is 20.4. The van der Waals surface area contributed by atoms with Gasteiger partial charge in [-0.15, -0.1) is 0 Å². The van der Waals surface area contributed by atoms with Crippen LogP contribution in [0.3, 0.4) is 0 Å². The zero-order valence-electron chi connectivity index (χ0n) is 24.9. The number of benzene rings is 3. The van der Waals surface area contributed by atoms with Gasteiger partial charge in [0.15, 0.2) is 11.5 Å². The molecule has 0 bridgehead atoms. The molecule has 0 fully saturated rings. The molecule has 3 aromatic rings. The van der Waals surface area contributed by atoms with E-state index in [0.29, 0.717) is 27.9 Å². The summed E-state index contributed by atoms with van der Waals surface area (Å²) >= 11 is 12.3. The Labute approximate surface area is 263 Å². The minimum Gasteiger partial charge on any atom is -0.493 e. The summed E-state index contributed by atoms with van der Waals surface area (Å²) in [5.41, 5.74) is 1.68. The molecular weight excluding hydrogens is 613 g/mol. The second kappa shape index (κ2) is 15.3. The quantitative estimate of drug-likeness (QED) is 0.220. The van der Waals surface area contributed by atoms with Gasteiger partial charge >= 0.3 is 0 Å². The van der Waals surface area contributed by atoms with E-state index in [-0.39, 0.29) is 28.8 Å². The summed E-state index contributed by atoms with van der Waals surface area (Å²) in [7, 11) is -1.34. The molecule has 12 heteroatoms. The summed E-state index contributed by atoms with van der Waals surface area (Å²) in [6, 6.07) is 14.9. The van der Waals surface area contributed by atoms with Gasteiger partial charge in [-0.25, -0.2) is 8.42 Å². The summed E-state index contributed by atoms with van der Waals surface area (Å²) in [6.07, 6.45) is 1.67. The van der Waals surface area contributed by atoms with Gasteiger partial charge in [0.25, 0.3) is 10.0 Å². The lowest BCUT2D eigenvalue weighted by Crippen LogP contribution is -2.51. The molecule has 3 aromatic carbocycles. The van der Waals surface area contributed by atoms with Crippen LogP contribution >= 0.6 is 23.2 Å². The zero-order chi connectivity index (χ0) is 31.7. The Morgan fingerprint density at radius 2 is 1.60 bits per heavy atom. The van der Waals surface area contributed by atoms with Gasteiger partial charge in [0, 0.05) is 19.2 Å². The number of unbranched alkanes of at least 4 members (excludes halogenated alkanes) is 1. The van der Waals surface area contributed by atoms with Gasteiger partial charge in [-0.1, -0.05) is 60.3 Å². The number of anilines is 1. The number of nitrogens with one attached hydrogen (secondary N) is 1. The molecule has 43 heavy (non-hydrogen) atoms. The van der Waals surface area contributed by atoms with Crippen molar-refractivity contribution in [2.24, 2.45) is 0 Å². The van der Waals surface area contributed by atoms with E-state index in [4.69, 9.17) is 32.7 Å². The van der Waals surface area contributed by atoms with Gasteiger partial charge in [-0.2, -0.15) is 0 Å². The van der Waals surface area contributed by atoms with Crippen molar-refractivity contribution < 1.29 is 27.5 Å². The van der Waals surface area contributed by atoms with E-state index >= 15 is 0 Å². The van der Waals surface area contributed by atoms with Crippen LogP contribution in [0.2, 0.25) is 10.0 Å². The number of methoxy groups -OCH3 is 2.